The Hall–Kier alpha value is -2.38. The van der Waals surface area contributed by atoms with Gasteiger partial charge in [-0.05, 0) is 12.1 Å². The Labute approximate surface area is 136 Å². The number of anilines is 1. The van der Waals surface area contributed by atoms with Gasteiger partial charge in [-0.1, -0.05) is 23.5 Å². The number of thiazole rings is 1. The minimum Gasteiger partial charge on any atom is -0.493 e. The van der Waals surface area contributed by atoms with E-state index in [0.29, 0.717) is 29.7 Å². The number of nitrogens with zero attached hydrogens (tertiary/aromatic N) is 1. The number of fused-ring (bicyclic) bond motifs is 2. The van der Waals surface area contributed by atoms with Crippen molar-refractivity contribution in [2.24, 2.45) is 0 Å². The van der Waals surface area contributed by atoms with E-state index in [9.17, 15) is 4.79 Å². The van der Waals surface area contributed by atoms with E-state index in [1.807, 2.05) is 12.1 Å². The summed E-state index contributed by atoms with van der Waals surface area (Å²) in [6.45, 7) is 1.23. The summed E-state index contributed by atoms with van der Waals surface area (Å²) in [4.78, 5) is 17.9. The molecule has 0 bridgehead atoms. The van der Waals surface area contributed by atoms with Crippen LogP contribution in [0.1, 0.15) is 21.1 Å². The number of hydrogen-bond acceptors (Lipinski definition) is 6. The van der Waals surface area contributed by atoms with Crippen LogP contribution in [0, 0.1) is 0 Å². The molecule has 23 heavy (non-hydrogen) atoms. The molecule has 0 saturated carbocycles. The Morgan fingerprint density at radius 1 is 1.43 bits per heavy atom. The minimum atomic E-state index is -0.324. The highest BCUT2D eigenvalue weighted by Crippen LogP contribution is 2.30. The van der Waals surface area contributed by atoms with Crippen LogP contribution < -0.4 is 10.1 Å². The Morgan fingerprint density at radius 2 is 2.35 bits per heavy atom. The first-order chi connectivity index (χ1) is 11.2. The summed E-state index contributed by atoms with van der Waals surface area (Å²) in [6.07, 6.45) is 0.781. The zero-order chi connectivity index (χ0) is 15.8. The molecule has 1 amide bonds. The first kappa shape index (κ1) is 14.2. The van der Waals surface area contributed by atoms with Gasteiger partial charge in [0.15, 0.2) is 22.2 Å². The first-order valence-corrected chi connectivity index (χ1v) is 8.00. The number of benzene rings is 1. The van der Waals surface area contributed by atoms with Gasteiger partial charge in [0.1, 0.15) is 0 Å². The second-order valence-electron chi connectivity index (χ2n) is 5.13. The molecule has 6 nitrogen and oxygen atoms in total. The molecule has 0 radical (unpaired) electrons. The number of aromatic nitrogens is 1. The molecule has 4 rings (SSSR count). The predicted molar refractivity (Wildman–Crippen MR) is 86.2 cm³/mol. The van der Waals surface area contributed by atoms with Crippen molar-refractivity contribution in [2.45, 2.75) is 13.0 Å². The summed E-state index contributed by atoms with van der Waals surface area (Å²) in [5, 5.41) is 4.18. The van der Waals surface area contributed by atoms with Crippen molar-refractivity contribution in [3.05, 3.63) is 40.6 Å². The van der Waals surface area contributed by atoms with Gasteiger partial charge >= 0.3 is 0 Å². The van der Waals surface area contributed by atoms with E-state index < -0.39 is 0 Å². The molecule has 0 aliphatic carbocycles. The first-order valence-electron chi connectivity index (χ1n) is 7.19. The number of para-hydroxylation sites is 1. The maximum atomic E-state index is 12.4. The Bertz CT molecular complexity index is 860. The lowest BCUT2D eigenvalue weighted by molar-refractivity contribution is 0.0998. The second kappa shape index (κ2) is 5.68. The van der Waals surface area contributed by atoms with Crippen molar-refractivity contribution in [3.63, 3.8) is 0 Å². The van der Waals surface area contributed by atoms with Crippen LogP contribution in [0.5, 0.6) is 5.75 Å². The molecular weight excluding hydrogens is 316 g/mol. The Morgan fingerprint density at radius 3 is 3.17 bits per heavy atom. The number of nitrogens with one attached hydrogen (secondary N) is 1. The van der Waals surface area contributed by atoms with E-state index >= 15 is 0 Å². The molecule has 1 aromatic carbocycles. The zero-order valence-corrected chi connectivity index (χ0v) is 13.2. The molecule has 2 aromatic heterocycles. The van der Waals surface area contributed by atoms with Gasteiger partial charge in [-0.15, -0.1) is 0 Å². The molecule has 1 aliphatic heterocycles. The number of amides is 1. The highest BCUT2D eigenvalue weighted by Gasteiger charge is 2.19. The predicted octanol–water partition coefficient (Wildman–Crippen LogP) is 3.22. The number of rotatable bonds is 3. The van der Waals surface area contributed by atoms with Crippen molar-refractivity contribution in [3.8, 4) is 5.75 Å². The van der Waals surface area contributed by atoms with Crippen LogP contribution in [0.25, 0.3) is 11.0 Å². The van der Waals surface area contributed by atoms with Gasteiger partial charge in [-0.25, -0.2) is 4.98 Å². The van der Waals surface area contributed by atoms with E-state index in [-0.39, 0.29) is 11.7 Å². The van der Waals surface area contributed by atoms with Crippen molar-refractivity contribution in [1.82, 2.24) is 4.98 Å². The van der Waals surface area contributed by atoms with E-state index in [4.69, 9.17) is 13.9 Å². The van der Waals surface area contributed by atoms with Crippen LogP contribution in [-0.4, -0.2) is 24.6 Å². The van der Waals surface area contributed by atoms with E-state index in [2.05, 4.69) is 10.3 Å². The topological polar surface area (TPSA) is 73.6 Å². The molecule has 3 heterocycles. The highest BCUT2D eigenvalue weighted by atomic mass is 32.1. The molecule has 0 atom stereocenters. The molecule has 1 N–H and O–H groups in total. The molecule has 1 aliphatic rings. The second-order valence-corrected chi connectivity index (χ2v) is 6.22. The van der Waals surface area contributed by atoms with Gasteiger partial charge in [-0.3, -0.25) is 10.1 Å². The standard InChI is InChI=1S/C16H14N2O4S/c1-20-11-4-2-3-9-7-12(22-14(9)11)15(19)18-16-17-10-5-6-21-8-13(10)23-16/h2-4,7H,5-6,8H2,1H3,(H,17,18,19). The summed E-state index contributed by atoms with van der Waals surface area (Å²) < 4.78 is 16.3. The molecule has 0 fully saturated rings. The van der Waals surface area contributed by atoms with Crippen LogP contribution in [0.3, 0.4) is 0 Å². The third kappa shape index (κ3) is 2.58. The lowest BCUT2D eigenvalue weighted by atomic mass is 10.2. The molecule has 0 spiro atoms. The lowest BCUT2D eigenvalue weighted by Crippen LogP contribution is -2.11. The molecule has 0 unspecified atom stereocenters. The van der Waals surface area contributed by atoms with Crippen molar-refractivity contribution in [2.75, 3.05) is 19.0 Å². The number of carbonyl (C=O) groups is 1. The van der Waals surface area contributed by atoms with E-state index in [1.54, 1.807) is 19.2 Å². The maximum Gasteiger partial charge on any atom is 0.293 e. The van der Waals surface area contributed by atoms with Crippen LogP contribution in [0.4, 0.5) is 5.13 Å². The lowest BCUT2D eigenvalue weighted by Gasteiger charge is -2.08. The summed E-state index contributed by atoms with van der Waals surface area (Å²) in [5.41, 5.74) is 1.56. The van der Waals surface area contributed by atoms with Crippen LogP contribution in [0.2, 0.25) is 0 Å². The summed E-state index contributed by atoms with van der Waals surface area (Å²) in [7, 11) is 1.57. The van der Waals surface area contributed by atoms with Crippen LogP contribution in [0.15, 0.2) is 28.7 Å². The smallest absolute Gasteiger partial charge is 0.293 e. The minimum absolute atomic E-state index is 0.230. The third-order valence-corrected chi connectivity index (χ3v) is 4.65. The summed E-state index contributed by atoms with van der Waals surface area (Å²) >= 11 is 1.44. The molecule has 7 heteroatoms. The molecule has 3 aromatic rings. The Kier molecular flexibility index (Phi) is 3.51. The average molecular weight is 330 g/mol. The highest BCUT2D eigenvalue weighted by molar-refractivity contribution is 7.15. The Balaban J connectivity index is 1.60. The number of furan rings is 1. The van der Waals surface area contributed by atoms with Gasteiger partial charge < -0.3 is 13.9 Å². The monoisotopic (exact) mass is 330 g/mol. The van der Waals surface area contributed by atoms with Crippen molar-refractivity contribution >= 4 is 33.3 Å². The normalized spacial score (nSPS) is 13.8. The van der Waals surface area contributed by atoms with Gasteiger partial charge in [0.05, 0.1) is 30.9 Å². The largest absolute Gasteiger partial charge is 0.493 e. The summed E-state index contributed by atoms with van der Waals surface area (Å²) in [6, 6.07) is 7.22. The van der Waals surface area contributed by atoms with Crippen LogP contribution >= 0.6 is 11.3 Å². The maximum absolute atomic E-state index is 12.4. The number of methoxy groups -OCH3 is 1. The van der Waals surface area contributed by atoms with Crippen molar-refractivity contribution < 1.29 is 18.7 Å². The zero-order valence-electron chi connectivity index (χ0n) is 12.4. The summed E-state index contributed by atoms with van der Waals surface area (Å²) in [5.74, 6) is 0.507. The van der Waals surface area contributed by atoms with Gasteiger partial charge in [0, 0.05) is 11.8 Å². The number of hydrogen-bond donors (Lipinski definition) is 1. The SMILES string of the molecule is COc1cccc2cc(C(=O)Nc3nc4c(s3)COCC4)oc12. The average Bonchev–Trinajstić information content (AvgIpc) is 3.17. The van der Waals surface area contributed by atoms with Crippen LogP contribution in [-0.2, 0) is 17.8 Å². The molecule has 0 saturated heterocycles. The van der Waals surface area contributed by atoms with E-state index in [0.717, 1.165) is 22.4 Å². The fourth-order valence-electron chi connectivity index (χ4n) is 2.55. The molecule has 118 valence electrons. The number of ether oxygens (including phenoxy) is 2. The van der Waals surface area contributed by atoms with Gasteiger partial charge in [0.25, 0.3) is 5.91 Å². The quantitative estimate of drug-likeness (QED) is 0.798. The third-order valence-electron chi connectivity index (χ3n) is 3.67. The number of carbonyl (C=O) groups excluding carboxylic acids is 1. The fourth-order valence-corrected chi connectivity index (χ4v) is 3.49. The molecular formula is C16H14N2O4S. The van der Waals surface area contributed by atoms with E-state index in [1.165, 1.54) is 11.3 Å². The van der Waals surface area contributed by atoms with Gasteiger partial charge in [-0.2, -0.15) is 0 Å². The fraction of sp³-hybridized carbons (Fsp3) is 0.250. The van der Waals surface area contributed by atoms with Crippen molar-refractivity contribution in [1.29, 1.82) is 0 Å². The van der Waals surface area contributed by atoms with Gasteiger partial charge in [0.2, 0.25) is 0 Å².